The Bertz CT molecular complexity index is 1860. The first kappa shape index (κ1) is 27.2. The Morgan fingerprint density at radius 3 is 2.38 bits per heavy atom. The van der Waals surface area contributed by atoms with Crippen molar-refractivity contribution in [1.82, 2.24) is 19.8 Å². The van der Waals surface area contributed by atoms with E-state index in [4.69, 9.17) is 0 Å². The number of hydrogen-bond acceptors (Lipinski definition) is 7. The average molecular weight is 584 g/mol. The van der Waals surface area contributed by atoms with Gasteiger partial charge in [0.25, 0.3) is 11.8 Å². The number of sulfone groups is 1. The smallest absolute Gasteiger partial charge is 0.275 e. The van der Waals surface area contributed by atoms with Gasteiger partial charge >= 0.3 is 0 Å². The number of carbonyl (C=O) groups is 2. The van der Waals surface area contributed by atoms with Gasteiger partial charge < -0.3 is 20.1 Å². The number of piperazine rings is 1. The molecule has 2 aromatic heterocycles. The Kier molecular flexibility index (Phi) is 7.23. The highest BCUT2D eigenvalue weighted by Gasteiger charge is 2.25. The van der Waals surface area contributed by atoms with Crippen LogP contribution in [0.5, 0.6) is 0 Å². The first-order chi connectivity index (χ1) is 20.3. The number of nitrogens with one attached hydrogen (secondary N) is 3. The lowest BCUT2D eigenvalue weighted by atomic mass is 10.1. The van der Waals surface area contributed by atoms with Crippen LogP contribution in [0.2, 0.25) is 0 Å². The minimum atomic E-state index is -3.72. The largest absolute Gasteiger partial charge is 0.368 e. The van der Waals surface area contributed by atoms with Gasteiger partial charge in [-0.1, -0.05) is 24.3 Å². The zero-order valence-electron chi connectivity index (χ0n) is 22.8. The number of nitrogens with zero attached hydrogens (tertiary/aromatic N) is 4. The van der Waals surface area contributed by atoms with Crippen LogP contribution in [0.4, 0.5) is 11.4 Å². The highest BCUT2D eigenvalue weighted by atomic mass is 32.2. The fraction of sp³-hybridized carbons (Fsp3) is 0.167. The van der Waals surface area contributed by atoms with Crippen molar-refractivity contribution < 1.29 is 18.0 Å². The molecule has 214 valence electrons. The van der Waals surface area contributed by atoms with E-state index in [0.29, 0.717) is 46.6 Å². The molecule has 0 unspecified atom stereocenters. The van der Waals surface area contributed by atoms with Crippen LogP contribution in [0.15, 0.2) is 101 Å². The molecule has 2 amide bonds. The van der Waals surface area contributed by atoms with Gasteiger partial charge in [-0.2, -0.15) is 9.89 Å². The average Bonchev–Trinajstić information content (AvgIpc) is 3.69. The van der Waals surface area contributed by atoms with Crippen LogP contribution in [-0.2, 0) is 9.84 Å². The number of anilines is 2. The van der Waals surface area contributed by atoms with Gasteiger partial charge in [-0.3, -0.25) is 9.59 Å². The predicted molar refractivity (Wildman–Crippen MR) is 160 cm³/mol. The molecule has 12 heteroatoms. The molecule has 42 heavy (non-hydrogen) atoms. The Balaban J connectivity index is 1.33. The summed E-state index contributed by atoms with van der Waals surface area (Å²) in [4.78, 5) is 35.7. The molecule has 0 aliphatic carbocycles. The summed E-state index contributed by atoms with van der Waals surface area (Å²) in [5.74, 6) is -0.849. The minimum absolute atomic E-state index is 0.127. The van der Waals surface area contributed by atoms with Crippen molar-refractivity contribution >= 4 is 43.9 Å². The van der Waals surface area contributed by atoms with Crippen molar-refractivity contribution in [3.8, 4) is 0 Å². The van der Waals surface area contributed by atoms with Crippen LogP contribution >= 0.6 is 0 Å². The molecule has 5 aromatic rings. The quantitative estimate of drug-likeness (QED) is 0.267. The summed E-state index contributed by atoms with van der Waals surface area (Å²) in [6.45, 7) is 3.10. The third kappa shape index (κ3) is 5.24. The normalized spacial score (nSPS) is 14.2. The zero-order chi connectivity index (χ0) is 29.3. The van der Waals surface area contributed by atoms with E-state index in [9.17, 15) is 18.0 Å². The molecular weight excluding hydrogens is 554 g/mol. The number of aromatic nitrogens is 3. The van der Waals surface area contributed by atoms with Crippen LogP contribution in [-0.4, -0.2) is 73.2 Å². The maximum atomic E-state index is 13.9. The zero-order valence-corrected chi connectivity index (χ0v) is 23.6. The molecule has 0 saturated carbocycles. The molecule has 1 fully saturated rings. The number of amides is 2. The number of hydrogen-bond donors (Lipinski definition) is 3. The third-order valence-corrected chi connectivity index (χ3v) is 9.08. The highest BCUT2D eigenvalue weighted by molar-refractivity contribution is 7.91. The lowest BCUT2D eigenvalue weighted by molar-refractivity contribution is 0.101. The van der Waals surface area contributed by atoms with Gasteiger partial charge in [0.2, 0.25) is 9.84 Å². The number of carbonyl (C=O) groups excluding carboxylic acids is 2. The Morgan fingerprint density at radius 1 is 0.857 bits per heavy atom. The van der Waals surface area contributed by atoms with E-state index in [2.05, 4.69) is 37.7 Å². The summed E-state index contributed by atoms with van der Waals surface area (Å²) < 4.78 is 26.2. The van der Waals surface area contributed by atoms with Gasteiger partial charge in [-0.15, -0.1) is 0 Å². The number of rotatable bonds is 7. The minimum Gasteiger partial charge on any atom is -0.368 e. The molecule has 1 saturated heterocycles. The summed E-state index contributed by atoms with van der Waals surface area (Å²) in [5, 5.41) is 7.73. The van der Waals surface area contributed by atoms with Crippen molar-refractivity contribution in [2.75, 3.05) is 48.9 Å². The second kappa shape index (κ2) is 11.1. The molecule has 6 rings (SSSR count). The van der Waals surface area contributed by atoms with Gasteiger partial charge in [0.05, 0.1) is 38.4 Å². The van der Waals surface area contributed by atoms with Crippen LogP contribution < -0.4 is 15.6 Å². The number of fused-ring (bicyclic) bond motifs is 1. The molecule has 1 aliphatic heterocycles. The van der Waals surface area contributed by atoms with Crippen molar-refractivity contribution in [3.63, 3.8) is 0 Å². The first-order valence-corrected chi connectivity index (χ1v) is 14.9. The third-order valence-electron chi connectivity index (χ3n) is 7.31. The Hall–Kier alpha value is -4.94. The summed E-state index contributed by atoms with van der Waals surface area (Å²) in [5.41, 5.74) is 5.06. The SMILES string of the molecule is CN1CCN(c2cccc(NC(=O)c3ccc[nH]3)c2C(=O)Nn2ncc3cc(S(=O)(=O)c4ccccc4)ccc32)CC1. The lowest BCUT2D eigenvalue weighted by Crippen LogP contribution is -2.45. The molecule has 1 aliphatic rings. The molecule has 0 bridgehead atoms. The van der Waals surface area contributed by atoms with E-state index < -0.39 is 15.7 Å². The van der Waals surface area contributed by atoms with Crippen LogP contribution in [0.3, 0.4) is 0 Å². The molecule has 3 heterocycles. The van der Waals surface area contributed by atoms with Crippen LogP contribution in [0, 0.1) is 0 Å². The maximum Gasteiger partial charge on any atom is 0.275 e. The van der Waals surface area contributed by atoms with E-state index in [-0.39, 0.29) is 15.7 Å². The summed E-state index contributed by atoms with van der Waals surface area (Å²) in [6, 6.07) is 21.6. The van der Waals surface area contributed by atoms with Gasteiger partial charge in [0.15, 0.2) is 0 Å². The molecule has 0 radical (unpaired) electrons. The lowest BCUT2D eigenvalue weighted by Gasteiger charge is -2.35. The molecular formula is C30H29N7O4S. The molecule has 11 nitrogen and oxygen atoms in total. The first-order valence-electron chi connectivity index (χ1n) is 13.4. The van der Waals surface area contributed by atoms with Gasteiger partial charge in [-0.05, 0) is 61.6 Å². The van der Waals surface area contributed by atoms with Gasteiger partial charge in [-0.25, -0.2) is 13.8 Å². The summed E-state index contributed by atoms with van der Waals surface area (Å²) >= 11 is 0. The van der Waals surface area contributed by atoms with Crippen LogP contribution in [0.25, 0.3) is 10.9 Å². The predicted octanol–water partition coefficient (Wildman–Crippen LogP) is 3.59. The molecule has 0 atom stereocenters. The van der Waals surface area contributed by atoms with E-state index in [1.165, 1.54) is 23.1 Å². The number of benzene rings is 3. The Morgan fingerprint density at radius 2 is 1.64 bits per heavy atom. The molecule has 3 N–H and O–H groups in total. The van der Waals surface area contributed by atoms with Crippen molar-refractivity contribution in [3.05, 3.63) is 103 Å². The number of likely N-dealkylation sites (N-methyl/N-ethyl adjacent to an activating group) is 1. The van der Waals surface area contributed by atoms with Crippen molar-refractivity contribution in [1.29, 1.82) is 0 Å². The molecule has 0 spiro atoms. The summed E-state index contributed by atoms with van der Waals surface area (Å²) in [6.07, 6.45) is 3.16. The van der Waals surface area contributed by atoms with Gasteiger partial charge in [0.1, 0.15) is 5.69 Å². The monoisotopic (exact) mass is 583 g/mol. The summed E-state index contributed by atoms with van der Waals surface area (Å²) in [7, 11) is -1.67. The maximum absolute atomic E-state index is 13.9. The van der Waals surface area contributed by atoms with E-state index in [1.807, 2.05) is 12.1 Å². The van der Waals surface area contributed by atoms with E-state index >= 15 is 0 Å². The van der Waals surface area contributed by atoms with Crippen molar-refractivity contribution in [2.45, 2.75) is 9.79 Å². The number of H-pyrrole nitrogens is 1. The van der Waals surface area contributed by atoms with Gasteiger partial charge in [0, 0.05) is 37.8 Å². The highest BCUT2D eigenvalue weighted by Crippen LogP contribution is 2.30. The standard InChI is InChI=1S/C30H29N7O4S/c1-35-15-17-36(18-16-35)27-11-5-9-24(33-29(38)25-10-6-14-31-25)28(27)30(39)34-37-26-13-12-23(19-21(26)20-32-37)42(40,41)22-7-3-2-4-8-22/h2-14,19-20,31H,15-18H2,1H3,(H,33,38)(H,34,39). The number of aromatic amines is 1. The topological polar surface area (TPSA) is 132 Å². The van der Waals surface area contributed by atoms with E-state index in [0.717, 1.165) is 13.1 Å². The molecule has 3 aromatic carbocycles. The fourth-order valence-corrected chi connectivity index (χ4v) is 6.33. The second-order valence-electron chi connectivity index (χ2n) is 10.1. The fourth-order valence-electron chi connectivity index (χ4n) is 5.01. The van der Waals surface area contributed by atoms with E-state index in [1.54, 1.807) is 60.8 Å². The second-order valence-corrected chi connectivity index (χ2v) is 12.0. The van der Waals surface area contributed by atoms with Crippen LogP contribution in [0.1, 0.15) is 20.8 Å². The Labute approximate surface area is 242 Å². The van der Waals surface area contributed by atoms with Crippen molar-refractivity contribution in [2.24, 2.45) is 0 Å².